The second kappa shape index (κ2) is 8.50. The van der Waals surface area contributed by atoms with Crippen molar-refractivity contribution in [3.05, 3.63) is 0 Å². The topological polar surface area (TPSA) is 70.6 Å². The molecule has 3 N–H and O–H groups in total. The summed E-state index contributed by atoms with van der Waals surface area (Å²) in [6, 6.07) is 0.524. The number of hydrogen-bond acceptors (Lipinski definition) is 4. The predicted octanol–water partition coefficient (Wildman–Crippen LogP) is -0.356. The third-order valence-corrected chi connectivity index (χ3v) is 2.71. The van der Waals surface area contributed by atoms with Gasteiger partial charge in [0, 0.05) is 12.6 Å². The molecule has 0 heterocycles. The van der Waals surface area contributed by atoms with E-state index in [2.05, 4.69) is 10.6 Å². The number of hydrogen-bond donors (Lipinski definition) is 3. The Kier molecular flexibility index (Phi) is 7.12. The van der Waals surface area contributed by atoms with Gasteiger partial charge in [-0.3, -0.25) is 4.79 Å². The Balaban J connectivity index is 1.90. The molecule has 1 rings (SSSR count). The molecule has 1 aliphatic carbocycles. The molecule has 0 unspecified atom stereocenters. The molecule has 1 saturated carbocycles. The summed E-state index contributed by atoms with van der Waals surface area (Å²) in [5.74, 6) is 0.0134. The lowest BCUT2D eigenvalue weighted by atomic mass is 10.2. The number of aliphatic hydroxyl groups excluding tert-OH is 1. The van der Waals surface area contributed by atoms with E-state index in [4.69, 9.17) is 9.84 Å². The normalized spacial score (nSPS) is 16.6. The van der Waals surface area contributed by atoms with Crippen LogP contribution in [0.15, 0.2) is 0 Å². The van der Waals surface area contributed by atoms with E-state index in [9.17, 15) is 4.79 Å². The summed E-state index contributed by atoms with van der Waals surface area (Å²) in [6.45, 7) is 1.71. The summed E-state index contributed by atoms with van der Waals surface area (Å²) in [7, 11) is 0. The number of nitrogens with one attached hydrogen (secondary N) is 2. The molecule has 0 bridgehead atoms. The van der Waals surface area contributed by atoms with Crippen LogP contribution in [-0.4, -0.2) is 50.0 Å². The lowest BCUT2D eigenvalue weighted by molar-refractivity contribution is -0.120. The molecule has 1 aliphatic rings. The van der Waals surface area contributed by atoms with E-state index in [-0.39, 0.29) is 12.5 Å². The van der Waals surface area contributed by atoms with E-state index < -0.39 is 0 Å². The number of carbonyl (C=O) groups excluding carboxylic acids is 1. The predicted molar refractivity (Wildman–Crippen MR) is 61.2 cm³/mol. The second-order valence-electron chi connectivity index (χ2n) is 4.05. The smallest absolute Gasteiger partial charge is 0.234 e. The van der Waals surface area contributed by atoms with Crippen molar-refractivity contribution < 1.29 is 14.6 Å². The van der Waals surface area contributed by atoms with E-state index in [0.29, 0.717) is 32.3 Å². The van der Waals surface area contributed by atoms with Crippen molar-refractivity contribution in [1.29, 1.82) is 0 Å². The van der Waals surface area contributed by atoms with Crippen LogP contribution in [0.3, 0.4) is 0 Å². The summed E-state index contributed by atoms with van der Waals surface area (Å²) in [4.78, 5) is 11.4. The molecule has 0 aromatic carbocycles. The zero-order chi connectivity index (χ0) is 11.6. The van der Waals surface area contributed by atoms with Crippen LogP contribution in [0.25, 0.3) is 0 Å². The van der Waals surface area contributed by atoms with Crippen LogP contribution in [0.5, 0.6) is 0 Å². The summed E-state index contributed by atoms with van der Waals surface area (Å²) in [6.07, 6.45) is 4.92. The minimum absolute atomic E-state index is 0.0134. The number of aliphatic hydroxyl groups is 1. The van der Waals surface area contributed by atoms with Gasteiger partial charge in [0.05, 0.1) is 26.4 Å². The van der Waals surface area contributed by atoms with Crippen LogP contribution in [0.1, 0.15) is 25.7 Å². The fraction of sp³-hybridized carbons (Fsp3) is 0.909. The minimum atomic E-state index is 0.0134. The Bertz CT molecular complexity index is 194. The first-order valence-corrected chi connectivity index (χ1v) is 6.01. The number of rotatable bonds is 8. The Morgan fingerprint density at radius 2 is 2.06 bits per heavy atom. The van der Waals surface area contributed by atoms with Gasteiger partial charge in [0.2, 0.25) is 5.91 Å². The van der Waals surface area contributed by atoms with Crippen LogP contribution in [0.4, 0.5) is 0 Å². The molecular weight excluding hydrogens is 208 g/mol. The van der Waals surface area contributed by atoms with Crippen molar-refractivity contribution in [1.82, 2.24) is 10.6 Å². The maximum absolute atomic E-state index is 11.4. The first-order chi connectivity index (χ1) is 7.83. The summed E-state index contributed by atoms with van der Waals surface area (Å²) in [5, 5.41) is 14.5. The van der Waals surface area contributed by atoms with E-state index in [1.807, 2.05) is 0 Å². The molecule has 0 aromatic heterocycles. The van der Waals surface area contributed by atoms with Crippen LogP contribution in [0.2, 0.25) is 0 Å². The van der Waals surface area contributed by atoms with E-state index in [1.54, 1.807) is 0 Å². The SMILES string of the molecule is O=C(CNC1CCCC1)NCCOCCO. The van der Waals surface area contributed by atoms with Gasteiger partial charge in [-0.25, -0.2) is 0 Å². The summed E-state index contributed by atoms with van der Waals surface area (Å²) >= 11 is 0. The molecule has 0 spiro atoms. The van der Waals surface area contributed by atoms with Gasteiger partial charge in [-0.2, -0.15) is 0 Å². The molecule has 0 aliphatic heterocycles. The quantitative estimate of drug-likeness (QED) is 0.498. The molecule has 0 radical (unpaired) electrons. The van der Waals surface area contributed by atoms with Gasteiger partial charge < -0.3 is 20.5 Å². The molecule has 1 fully saturated rings. The molecule has 5 heteroatoms. The third kappa shape index (κ3) is 6.05. The van der Waals surface area contributed by atoms with Gasteiger partial charge in [-0.1, -0.05) is 12.8 Å². The maximum Gasteiger partial charge on any atom is 0.234 e. The average molecular weight is 230 g/mol. The molecule has 0 aromatic rings. The van der Waals surface area contributed by atoms with Crippen molar-refractivity contribution >= 4 is 5.91 Å². The van der Waals surface area contributed by atoms with Crippen LogP contribution in [-0.2, 0) is 9.53 Å². The Labute approximate surface area is 96.6 Å². The van der Waals surface area contributed by atoms with Gasteiger partial charge in [0.15, 0.2) is 0 Å². The number of carbonyl (C=O) groups is 1. The third-order valence-electron chi connectivity index (χ3n) is 2.71. The highest BCUT2D eigenvalue weighted by atomic mass is 16.5. The Morgan fingerprint density at radius 1 is 1.31 bits per heavy atom. The lowest BCUT2D eigenvalue weighted by Gasteiger charge is -2.11. The highest BCUT2D eigenvalue weighted by Gasteiger charge is 2.14. The minimum Gasteiger partial charge on any atom is -0.394 e. The van der Waals surface area contributed by atoms with Gasteiger partial charge >= 0.3 is 0 Å². The first-order valence-electron chi connectivity index (χ1n) is 6.01. The van der Waals surface area contributed by atoms with Gasteiger partial charge in [-0.05, 0) is 12.8 Å². The molecule has 0 saturated heterocycles. The Morgan fingerprint density at radius 3 is 2.75 bits per heavy atom. The molecular formula is C11H22N2O3. The van der Waals surface area contributed by atoms with E-state index >= 15 is 0 Å². The summed E-state index contributed by atoms with van der Waals surface area (Å²) in [5.41, 5.74) is 0. The highest BCUT2D eigenvalue weighted by molar-refractivity contribution is 5.77. The molecule has 5 nitrogen and oxygen atoms in total. The van der Waals surface area contributed by atoms with Crippen LogP contribution >= 0.6 is 0 Å². The summed E-state index contributed by atoms with van der Waals surface area (Å²) < 4.78 is 5.03. The molecule has 0 atom stereocenters. The number of amides is 1. The van der Waals surface area contributed by atoms with Crippen molar-refractivity contribution in [3.63, 3.8) is 0 Å². The average Bonchev–Trinajstić information content (AvgIpc) is 2.79. The van der Waals surface area contributed by atoms with Crippen molar-refractivity contribution in [2.45, 2.75) is 31.7 Å². The van der Waals surface area contributed by atoms with E-state index in [1.165, 1.54) is 25.7 Å². The lowest BCUT2D eigenvalue weighted by Crippen LogP contribution is -2.39. The highest BCUT2D eigenvalue weighted by Crippen LogP contribution is 2.16. The monoisotopic (exact) mass is 230 g/mol. The van der Waals surface area contributed by atoms with Gasteiger partial charge in [-0.15, -0.1) is 0 Å². The van der Waals surface area contributed by atoms with E-state index in [0.717, 1.165) is 0 Å². The van der Waals surface area contributed by atoms with Gasteiger partial charge in [0.25, 0.3) is 0 Å². The largest absolute Gasteiger partial charge is 0.394 e. The van der Waals surface area contributed by atoms with Crippen molar-refractivity contribution in [3.8, 4) is 0 Å². The maximum atomic E-state index is 11.4. The number of ether oxygens (including phenoxy) is 1. The molecule has 94 valence electrons. The zero-order valence-electron chi connectivity index (χ0n) is 9.71. The fourth-order valence-electron chi connectivity index (χ4n) is 1.86. The van der Waals surface area contributed by atoms with Crippen molar-refractivity contribution in [2.75, 3.05) is 32.9 Å². The standard InChI is InChI=1S/C11H22N2O3/c14-6-8-16-7-5-12-11(15)9-13-10-3-1-2-4-10/h10,13-14H,1-9H2,(H,12,15). The van der Waals surface area contributed by atoms with Gasteiger partial charge in [0.1, 0.15) is 0 Å². The molecule has 1 amide bonds. The van der Waals surface area contributed by atoms with Crippen LogP contribution < -0.4 is 10.6 Å². The second-order valence-corrected chi connectivity index (χ2v) is 4.05. The van der Waals surface area contributed by atoms with Crippen LogP contribution in [0, 0.1) is 0 Å². The molecule has 16 heavy (non-hydrogen) atoms. The first kappa shape index (κ1) is 13.4. The Hall–Kier alpha value is -0.650. The fourth-order valence-corrected chi connectivity index (χ4v) is 1.86. The zero-order valence-corrected chi connectivity index (χ0v) is 9.71. The van der Waals surface area contributed by atoms with Crippen molar-refractivity contribution in [2.24, 2.45) is 0 Å².